The summed E-state index contributed by atoms with van der Waals surface area (Å²) in [6.07, 6.45) is 1.85. The summed E-state index contributed by atoms with van der Waals surface area (Å²) >= 11 is 0. The highest BCUT2D eigenvalue weighted by Crippen LogP contribution is 2.18. The topological polar surface area (TPSA) is 107 Å². The number of nitrogens with one attached hydrogen (secondary N) is 1. The third kappa shape index (κ3) is 4.52. The zero-order valence-corrected chi connectivity index (χ0v) is 11.0. The number of carboxylic acids is 1. The Bertz CT molecular complexity index is 362. The lowest BCUT2D eigenvalue weighted by Crippen LogP contribution is -2.46. The lowest BCUT2D eigenvalue weighted by atomic mass is 9.99. The number of hydrogen-bond acceptors (Lipinski definition) is 4. The van der Waals surface area contributed by atoms with Gasteiger partial charge in [0.1, 0.15) is 0 Å². The normalized spacial score (nSPS) is 18.9. The summed E-state index contributed by atoms with van der Waals surface area (Å²) in [7, 11) is -3.50. The number of aliphatic hydroxyl groups excluding tert-OH is 1. The average Bonchev–Trinajstić information content (AvgIpc) is 2.35. The predicted molar refractivity (Wildman–Crippen MR) is 65.2 cm³/mol. The second-order valence-corrected chi connectivity index (χ2v) is 6.10. The van der Waals surface area contributed by atoms with Crippen molar-refractivity contribution in [3.8, 4) is 0 Å². The Morgan fingerprint density at radius 2 is 1.89 bits per heavy atom. The van der Waals surface area contributed by atoms with Crippen molar-refractivity contribution in [2.45, 2.75) is 25.7 Å². The van der Waals surface area contributed by atoms with Crippen LogP contribution in [0.25, 0.3) is 0 Å². The summed E-state index contributed by atoms with van der Waals surface area (Å²) < 4.78 is 27.4. The number of rotatable bonds is 7. The molecule has 0 aromatic heterocycles. The molecule has 0 aliphatic carbocycles. The van der Waals surface area contributed by atoms with E-state index in [1.165, 1.54) is 4.31 Å². The van der Waals surface area contributed by atoms with Crippen LogP contribution >= 0.6 is 0 Å². The van der Waals surface area contributed by atoms with Gasteiger partial charge < -0.3 is 10.2 Å². The van der Waals surface area contributed by atoms with E-state index in [1.807, 2.05) is 0 Å². The molecule has 0 saturated carbocycles. The molecule has 0 aromatic rings. The maximum atomic E-state index is 11.8. The van der Waals surface area contributed by atoms with E-state index >= 15 is 0 Å². The Labute approximate surface area is 107 Å². The molecule has 0 unspecified atom stereocenters. The fraction of sp³-hybridized carbons (Fsp3) is 0.900. The van der Waals surface area contributed by atoms with Gasteiger partial charge in [-0.25, -0.2) is 4.72 Å². The fourth-order valence-corrected chi connectivity index (χ4v) is 3.15. The van der Waals surface area contributed by atoms with E-state index in [0.717, 1.165) is 0 Å². The van der Waals surface area contributed by atoms with Gasteiger partial charge in [0, 0.05) is 26.2 Å². The first-order valence-corrected chi connectivity index (χ1v) is 7.50. The SMILES string of the molecule is O=C(O)C1CCN(S(=O)(=O)NCCCCO)CC1. The van der Waals surface area contributed by atoms with Crippen molar-refractivity contribution < 1.29 is 23.4 Å². The minimum Gasteiger partial charge on any atom is -0.481 e. The van der Waals surface area contributed by atoms with Crippen molar-refractivity contribution in [1.29, 1.82) is 0 Å². The molecular weight excluding hydrogens is 260 g/mol. The van der Waals surface area contributed by atoms with E-state index in [0.29, 0.717) is 32.2 Å². The van der Waals surface area contributed by atoms with E-state index < -0.39 is 22.1 Å². The lowest BCUT2D eigenvalue weighted by molar-refractivity contribution is -0.142. The maximum Gasteiger partial charge on any atom is 0.306 e. The molecule has 0 amide bonds. The minimum absolute atomic E-state index is 0.0474. The van der Waals surface area contributed by atoms with Crippen molar-refractivity contribution in [3.63, 3.8) is 0 Å². The molecule has 0 spiro atoms. The first-order valence-electron chi connectivity index (χ1n) is 6.06. The fourth-order valence-electron chi connectivity index (χ4n) is 1.87. The molecule has 18 heavy (non-hydrogen) atoms. The van der Waals surface area contributed by atoms with Crippen LogP contribution in [-0.2, 0) is 15.0 Å². The Hall–Kier alpha value is -0.700. The molecule has 1 aliphatic rings. The number of piperidine rings is 1. The van der Waals surface area contributed by atoms with Gasteiger partial charge in [0.15, 0.2) is 0 Å². The van der Waals surface area contributed by atoms with Crippen LogP contribution in [0.15, 0.2) is 0 Å². The first-order chi connectivity index (χ1) is 8.47. The molecule has 1 saturated heterocycles. The Morgan fingerprint density at radius 3 is 2.39 bits per heavy atom. The summed E-state index contributed by atoms with van der Waals surface area (Å²) in [4.78, 5) is 10.7. The second kappa shape index (κ2) is 7.03. The Kier molecular flexibility index (Phi) is 6.00. The molecule has 3 N–H and O–H groups in total. The summed E-state index contributed by atoms with van der Waals surface area (Å²) in [6.45, 7) is 0.825. The van der Waals surface area contributed by atoms with Crippen LogP contribution in [-0.4, -0.2) is 55.1 Å². The predicted octanol–water partition coefficient (Wildman–Crippen LogP) is -0.610. The molecule has 0 aromatic carbocycles. The molecule has 0 bridgehead atoms. The van der Waals surface area contributed by atoms with Crippen LogP contribution < -0.4 is 4.72 Å². The van der Waals surface area contributed by atoms with Crippen molar-refractivity contribution in [1.82, 2.24) is 9.03 Å². The van der Waals surface area contributed by atoms with Gasteiger partial charge in [0.05, 0.1) is 5.92 Å². The molecule has 1 aliphatic heterocycles. The summed E-state index contributed by atoms with van der Waals surface area (Å²) in [5.74, 6) is -1.30. The van der Waals surface area contributed by atoms with Gasteiger partial charge in [-0.05, 0) is 25.7 Å². The van der Waals surface area contributed by atoms with E-state index in [-0.39, 0.29) is 19.7 Å². The summed E-state index contributed by atoms with van der Waals surface area (Å²) in [5.41, 5.74) is 0. The van der Waals surface area contributed by atoms with Crippen molar-refractivity contribution >= 4 is 16.2 Å². The highest BCUT2D eigenvalue weighted by Gasteiger charge is 2.30. The van der Waals surface area contributed by atoms with Gasteiger partial charge in [-0.2, -0.15) is 12.7 Å². The van der Waals surface area contributed by atoms with E-state index in [1.54, 1.807) is 0 Å². The van der Waals surface area contributed by atoms with E-state index in [4.69, 9.17) is 10.2 Å². The third-order valence-corrected chi connectivity index (χ3v) is 4.63. The Morgan fingerprint density at radius 1 is 1.28 bits per heavy atom. The molecule has 7 nitrogen and oxygen atoms in total. The molecule has 0 atom stereocenters. The lowest BCUT2D eigenvalue weighted by Gasteiger charge is -2.29. The molecule has 106 valence electrons. The van der Waals surface area contributed by atoms with E-state index in [9.17, 15) is 13.2 Å². The highest BCUT2D eigenvalue weighted by molar-refractivity contribution is 7.87. The minimum atomic E-state index is -3.50. The monoisotopic (exact) mass is 280 g/mol. The first kappa shape index (κ1) is 15.4. The number of carboxylic acid groups (broad SMARTS) is 1. The molecule has 1 fully saturated rings. The number of aliphatic hydroxyl groups is 1. The largest absolute Gasteiger partial charge is 0.481 e. The van der Waals surface area contributed by atoms with Crippen molar-refractivity contribution in [3.05, 3.63) is 0 Å². The van der Waals surface area contributed by atoms with Crippen molar-refractivity contribution in [2.75, 3.05) is 26.2 Å². The van der Waals surface area contributed by atoms with Crippen LogP contribution in [0, 0.1) is 5.92 Å². The highest BCUT2D eigenvalue weighted by atomic mass is 32.2. The molecule has 0 radical (unpaired) electrons. The number of unbranched alkanes of at least 4 members (excludes halogenated alkanes) is 1. The zero-order valence-electron chi connectivity index (χ0n) is 10.2. The maximum absolute atomic E-state index is 11.8. The van der Waals surface area contributed by atoms with Crippen LogP contribution in [0.5, 0.6) is 0 Å². The molecule has 1 heterocycles. The number of aliphatic carboxylic acids is 1. The standard InChI is InChI=1S/C10H20N2O5S/c13-8-2-1-5-11-18(16,17)12-6-3-9(4-7-12)10(14)15/h9,11,13H,1-8H2,(H,14,15). The Balaban J connectivity index is 2.38. The quantitative estimate of drug-likeness (QED) is 0.539. The molecule has 1 rings (SSSR count). The van der Waals surface area contributed by atoms with Gasteiger partial charge in [-0.3, -0.25) is 4.79 Å². The van der Waals surface area contributed by atoms with Crippen LogP contribution in [0.4, 0.5) is 0 Å². The van der Waals surface area contributed by atoms with Crippen LogP contribution in [0.1, 0.15) is 25.7 Å². The number of nitrogens with zero attached hydrogens (tertiary/aromatic N) is 1. The van der Waals surface area contributed by atoms with Crippen LogP contribution in [0.3, 0.4) is 0 Å². The van der Waals surface area contributed by atoms with Gasteiger partial charge in [0.2, 0.25) is 0 Å². The zero-order chi connectivity index (χ0) is 13.6. The van der Waals surface area contributed by atoms with Gasteiger partial charge in [-0.15, -0.1) is 0 Å². The summed E-state index contributed by atoms with van der Waals surface area (Å²) in [5, 5.41) is 17.4. The molecule has 8 heteroatoms. The smallest absolute Gasteiger partial charge is 0.306 e. The summed E-state index contributed by atoms with van der Waals surface area (Å²) in [6, 6.07) is 0. The number of carbonyl (C=O) groups is 1. The second-order valence-electron chi connectivity index (χ2n) is 4.34. The third-order valence-electron chi connectivity index (χ3n) is 3.01. The molecular formula is C10H20N2O5S. The van der Waals surface area contributed by atoms with E-state index in [2.05, 4.69) is 4.72 Å². The van der Waals surface area contributed by atoms with Gasteiger partial charge in [0.25, 0.3) is 10.2 Å². The number of hydrogen-bond donors (Lipinski definition) is 3. The van der Waals surface area contributed by atoms with Crippen molar-refractivity contribution in [2.24, 2.45) is 5.92 Å². The van der Waals surface area contributed by atoms with Crippen LogP contribution in [0.2, 0.25) is 0 Å². The van der Waals surface area contributed by atoms with Gasteiger partial charge >= 0.3 is 5.97 Å². The van der Waals surface area contributed by atoms with Gasteiger partial charge in [-0.1, -0.05) is 0 Å². The average molecular weight is 280 g/mol.